The Morgan fingerprint density at radius 1 is 1.11 bits per heavy atom. The summed E-state index contributed by atoms with van der Waals surface area (Å²) in [5, 5.41) is 15.0. The topological polar surface area (TPSA) is 70.6 Å². The summed E-state index contributed by atoms with van der Waals surface area (Å²) in [7, 11) is 0. The lowest BCUT2D eigenvalue weighted by Gasteiger charge is -2.18. The van der Waals surface area contributed by atoms with E-state index in [1.807, 2.05) is 0 Å². The van der Waals surface area contributed by atoms with Gasteiger partial charge in [0.2, 0.25) is 0 Å². The zero-order chi connectivity index (χ0) is 20.1. The van der Waals surface area contributed by atoms with Gasteiger partial charge in [-0.1, -0.05) is 6.07 Å². The molecule has 3 rings (SSSR count). The smallest absolute Gasteiger partial charge is 0.319 e. The second-order valence-corrected chi connectivity index (χ2v) is 6.69. The average molecular weight is 394 g/mol. The molecule has 0 radical (unpaired) electrons. The maximum absolute atomic E-state index is 13.6. The summed E-state index contributed by atoms with van der Waals surface area (Å²) in [5.74, 6) is -2.34. The number of carbonyl (C=O) groups excluding carboxylic acids is 1. The number of aliphatic hydroxyl groups excluding tert-OH is 1. The highest BCUT2D eigenvalue weighted by Crippen LogP contribution is 2.30. The average Bonchev–Trinajstić information content (AvgIpc) is 3.17. The van der Waals surface area contributed by atoms with Crippen molar-refractivity contribution in [2.75, 3.05) is 11.9 Å². The van der Waals surface area contributed by atoms with Gasteiger partial charge in [0.15, 0.2) is 11.6 Å². The van der Waals surface area contributed by atoms with Gasteiger partial charge in [0.05, 0.1) is 17.9 Å². The van der Waals surface area contributed by atoms with Crippen molar-refractivity contribution >= 4 is 11.7 Å². The first-order chi connectivity index (χ1) is 13.4. The van der Waals surface area contributed by atoms with Gasteiger partial charge in [-0.05, 0) is 55.5 Å². The van der Waals surface area contributed by atoms with Crippen molar-refractivity contribution in [1.29, 1.82) is 0 Å². The quantitative estimate of drug-likeness (QED) is 0.685. The third-order valence-electron chi connectivity index (χ3n) is 4.57. The molecule has 150 valence electrons. The summed E-state index contributed by atoms with van der Waals surface area (Å²) in [6, 6.07) is 6.16. The molecule has 0 bridgehead atoms. The third-order valence-corrected chi connectivity index (χ3v) is 4.57. The monoisotopic (exact) mass is 394 g/mol. The normalized spacial score (nSPS) is 15.3. The van der Waals surface area contributed by atoms with E-state index in [1.54, 1.807) is 0 Å². The minimum atomic E-state index is -1.22. The van der Waals surface area contributed by atoms with Gasteiger partial charge in [-0.25, -0.2) is 18.0 Å². The summed E-state index contributed by atoms with van der Waals surface area (Å²) in [6.45, 7) is -0.225. The van der Waals surface area contributed by atoms with Crippen LogP contribution in [0.2, 0.25) is 0 Å². The Bertz CT molecular complexity index is 841. The maximum Gasteiger partial charge on any atom is 0.319 e. The molecule has 28 heavy (non-hydrogen) atoms. The van der Waals surface area contributed by atoms with Gasteiger partial charge >= 0.3 is 6.03 Å². The molecule has 0 spiro atoms. The molecule has 1 fully saturated rings. The van der Waals surface area contributed by atoms with Crippen LogP contribution in [0.5, 0.6) is 5.75 Å². The van der Waals surface area contributed by atoms with E-state index in [9.17, 15) is 23.1 Å². The number of ether oxygens (including phenoxy) is 1. The fourth-order valence-corrected chi connectivity index (χ4v) is 3.08. The van der Waals surface area contributed by atoms with Crippen LogP contribution in [0, 0.1) is 17.5 Å². The molecule has 0 aliphatic heterocycles. The van der Waals surface area contributed by atoms with Crippen molar-refractivity contribution in [3.63, 3.8) is 0 Å². The molecule has 1 saturated carbocycles. The molecule has 1 aliphatic rings. The van der Waals surface area contributed by atoms with Gasteiger partial charge in [-0.15, -0.1) is 0 Å². The van der Waals surface area contributed by atoms with E-state index in [2.05, 4.69) is 10.6 Å². The summed E-state index contributed by atoms with van der Waals surface area (Å²) in [4.78, 5) is 12.1. The maximum atomic E-state index is 13.6. The predicted octanol–water partition coefficient (Wildman–Crippen LogP) is 4.28. The van der Waals surface area contributed by atoms with Gasteiger partial charge < -0.3 is 20.5 Å². The van der Waals surface area contributed by atoms with E-state index in [0.717, 1.165) is 37.8 Å². The van der Waals surface area contributed by atoms with E-state index in [4.69, 9.17) is 4.74 Å². The van der Waals surface area contributed by atoms with Crippen molar-refractivity contribution in [2.24, 2.45) is 0 Å². The SMILES string of the molecule is O=C(NC[C@H](O)c1ccc(F)c(F)c1)Nc1ccc(F)cc1OC1CCCC1. The molecule has 2 aromatic rings. The van der Waals surface area contributed by atoms with Gasteiger partial charge in [-0.2, -0.15) is 0 Å². The standard InChI is InChI=1S/C20H21F3N2O3/c21-13-6-8-17(19(10-13)28-14-3-1-2-4-14)25-20(27)24-11-18(26)12-5-7-15(22)16(23)9-12/h5-10,14,18,26H,1-4,11H2,(H2,24,25,27)/t18-/m0/s1. The lowest BCUT2D eigenvalue weighted by atomic mass is 10.1. The summed E-state index contributed by atoms with van der Waals surface area (Å²) >= 11 is 0. The molecular formula is C20H21F3N2O3. The Hall–Kier alpha value is -2.74. The van der Waals surface area contributed by atoms with Gasteiger partial charge in [0, 0.05) is 12.6 Å². The Balaban J connectivity index is 1.58. The Kier molecular flexibility index (Phi) is 6.41. The van der Waals surface area contributed by atoms with Crippen molar-refractivity contribution in [2.45, 2.75) is 37.9 Å². The number of rotatable bonds is 6. The zero-order valence-corrected chi connectivity index (χ0v) is 15.1. The van der Waals surface area contributed by atoms with Crippen LogP contribution in [0.4, 0.5) is 23.7 Å². The first-order valence-electron chi connectivity index (χ1n) is 9.06. The van der Waals surface area contributed by atoms with Crippen LogP contribution in [0.3, 0.4) is 0 Å². The molecule has 0 aromatic heterocycles. The molecule has 0 unspecified atom stereocenters. The van der Waals surface area contributed by atoms with Crippen LogP contribution in [0.15, 0.2) is 36.4 Å². The highest BCUT2D eigenvalue weighted by molar-refractivity contribution is 5.90. The second kappa shape index (κ2) is 8.97. The molecule has 1 aliphatic carbocycles. The van der Waals surface area contributed by atoms with Crippen molar-refractivity contribution in [3.8, 4) is 5.75 Å². The molecule has 8 heteroatoms. The Labute approximate surface area is 160 Å². The summed E-state index contributed by atoms with van der Waals surface area (Å²) in [6.07, 6.45) is 2.62. The van der Waals surface area contributed by atoms with Crippen LogP contribution in [-0.2, 0) is 0 Å². The summed E-state index contributed by atoms with van der Waals surface area (Å²) in [5.41, 5.74) is 0.430. The highest BCUT2D eigenvalue weighted by Gasteiger charge is 2.19. The first-order valence-corrected chi connectivity index (χ1v) is 9.06. The largest absolute Gasteiger partial charge is 0.488 e. The number of anilines is 1. The number of aliphatic hydroxyl groups is 1. The van der Waals surface area contributed by atoms with E-state index >= 15 is 0 Å². The molecule has 1 atom stereocenters. The predicted molar refractivity (Wildman–Crippen MR) is 97.6 cm³/mol. The van der Waals surface area contributed by atoms with Gasteiger partial charge in [-0.3, -0.25) is 0 Å². The molecular weight excluding hydrogens is 373 g/mol. The number of nitrogens with one attached hydrogen (secondary N) is 2. The van der Waals surface area contributed by atoms with E-state index in [-0.39, 0.29) is 24.0 Å². The van der Waals surface area contributed by atoms with Crippen LogP contribution in [0.25, 0.3) is 0 Å². The van der Waals surface area contributed by atoms with Crippen LogP contribution >= 0.6 is 0 Å². The van der Waals surface area contributed by atoms with E-state index in [0.29, 0.717) is 5.69 Å². The Morgan fingerprint density at radius 2 is 1.86 bits per heavy atom. The minimum Gasteiger partial charge on any atom is -0.488 e. The van der Waals surface area contributed by atoms with Crippen LogP contribution in [-0.4, -0.2) is 23.8 Å². The van der Waals surface area contributed by atoms with Crippen molar-refractivity contribution < 1.29 is 27.8 Å². The van der Waals surface area contributed by atoms with E-state index in [1.165, 1.54) is 24.3 Å². The fraction of sp³-hybridized carbons (Fsp3) is 0.350. The Morgan fingerprint density at radius 3 is 2.57 bits per heavy atom. The van der Waals surface area contributed by atoms with Gasteiger partial charge in [0.25, 0.3) is 0 Å². The molecule has 5 nitrogen and oxygen atoms in total. The van der Waals surface area contributed by atoms with Crippen LogP contribution < -0.4 is 15.4 Å². The van der Waals surface area contributed by atoms with Crippen molar-refractivity contribution in [1.82, 2.24) is 5.32 Å². The number of benzene rings is 2. The number of amides is 2. The van der Waals surface area contributed by atoms with Crippen molar-refractivity contribution in [3.05, 3.63) is 59.4 Å². The fourth-order valence-electron chi connectivity index (χ4n) is 3.08. The lowest BCUT2D eigenvalue weighted by molar-refractivity contribution is 0.174. The molecule has 0 heterocycles. The third kappa shape index (κ3) is 5.16. The number of halogens is 3. The lowest BCUT2D eigenvalue weighted by Crippen LogP contribution is -2.32. The molecule has 2 aromatic carbocycles. The highest BCUT2D eigenvalue weighted by atomic mass is 19.2. The van der Waals surface area contributed by atoms with Gasteiger partial charge in [0.1, 0.15) is 11.6 Å². The number of carbonyl (C=O) groups is 1. The van der Waals surface area contributed by atoms with E-state index < -0.39 is 29.6 Å². The number of hydrogen-bond donors (Lipinski definition) is 3. The molecule has 2 amide bonds. The number of hydrogen-bond acceptors (Lipinski definition) is 3. The number of urea groups is 1. The van der Waals surface area contributed by atoms with Crippen LogP contribution in [0.1, 0.15) is 37.4 Å². The molecule has 0 saturated heterocycles. The second-order valence-electron chi connectivity index (χ2n) is 6.69. The minimum absolute atomic E-state index is 0.0133. The summed E-state index contributed by atoms with van der Waals surface area (Å²) < 4.78 is 45.6. The first kappa shape index (κ1) is 20.0. The molecule has 3 N–H and O–H groups in total. The zero-order valence-electron chi connectivity index (χ0n) is 15.1.